The molecule has 0 unspecified atom stereocenters. The van der Waals surface area contributed by atoms with E-state index in [0.717, 1.165) is 17.7 Å². The van der Waals surface area contributed by atoms with Gasteiger partial charge in [-0.05, 0) is 43.2 Å². The van der Waals surface area contributed by atoms with E-state index in [0.29, 0.717) is 37.6 Å². The van der Waals surface area contributed by atoms with Gasteiger partial charge in [0.2, 0.25) is 5.91 Å². The van der Waals surface area contributed by atoms with E-state index in [4.69, 9.17) is 0 Å². The molecule has 2 rings (SSSR count). The Balaban J connectivity index is 1.82. The summed E-state index contributed by atoms with van der Waals surface area (Å²) < 4.78 is 0. The first-order valence-corrected chi connectivity index (χ1v) is 10.5. The Kier molecular flexibility index (Phi) is 10.0. The fourth-order valence-electron chi connectivity index (χ4n) is 2.90. The van der Waals surface area contributed by atoms with Gasteiger partial charge in [0.15, 0.2) is 5.96 Å². The molecule has 0 radical (unpaired) electrons. The normalized spacial score (nSPS) is 11.0. The van der Waals surface area contributed by atoms with Crippen LogP contribution in [-0.4, -0.2) is 67.9 Å². The molecule has 1 aromatic heterocycles. The summed E-state index contributed by atoms with van der Waals surface area (Å²) in [4.78, 5) is 34.5. The predicted molar refractivity (Wildman–Crippen MR) is 123 cm³/mol. The molecule has 0 aliphatic heterocycles. The molecule has 0 spiro atoms. The lowest BCUT2D eigenvalue weighted by Crippen LogP contribution is -2.39. The fraction of sp³-hybridized carbons (Fsp3) is 0.391. The highest BCUT2D eigenvalue weighted by atomic mass is 16.2. The van der Waals surface area contributed by atoms with Gasteiger partial charge in [-0.3, -0.25) is 14.6 Å². The molecular formula is C23H32N6O2. The Bertz CT molecular complexity index is 869. The number of carbonyl (C=O) groups is 2. The van der Waals surface area contributed by atoms with Gasteiger partial charge < -0.3 is 20.9 Å². The van der Waals surface area contributed by atoms with Crippen molar-refractivity contribution >= 4 is 17.8 Å². The summed E-state index contributed by atoms with van der Waals surface area (Å²) in [5.74, 6) is 0.443. The molecule has 3 N–H and O–H groups in total. The van der Waals surface area contributed by atoms with Crippen molar-refractivity contribution in [3.63, 3.8) is 0 Å². The van der Waals surface area contributed by atoms with Crippen molar-refractivity contribution in [1.29, 1.82) is 0 Å². The number of rotatable bonds is 10. The number of aliphatic imine (C=N–C) groups is 1. The average Bonchev–Trinajstić information content (AvgIpc) is 2.81. The largest absolute Gasteiger partial charge is 0.357 e. The molecule has 0 saturated carbocycles. The molecule has 1 heterocycles. The minimum absolute atomic E-state index is 0.0496. The van der Waals surface area contributed by atoms with Crippen molar-refractivity contribution in [2.45, 2.75) is 19.8 Å². The lowest BCUT2D eigenvalue weighted by Gasteiger charge is -2.16. The highest BCUT2D eigenvalue weighted by Gasteiger charge is 2.09. The summed E-state index contributed by atoms with van der Waals surface area (Å²) in [6.07, 6.45) is 3.19. The molecule has 0 bridgehead atoms. The van der Waals surface area contributed by atoms with Crippen molar-refractivity contribution < 1.29 is 9.59 Å². The van der Waals surface area contributed by atoms with Crippen LogP contribution < -0.4 is 16.0 Å². The minimum atomic E-state index is -0.101. The van der Waals surface area contributed by atoms with E-state index in [9.17, 15) is 9.59 Å². The van der Waals surface area contributed by atoms with E-state index >= 15 is 0 Å². The number of benzene rings is 1. The van der Waals surface area contributed by atoms with Crippen LogP contribution in [-0.2, 0) is 17.6 Å². The number of nitrogens with one attached hydrogen (secondary N) is 3. The van der Waals surface area contributed by atoms with Gasteiger partial charge in [0, 0.05) is 57.6 Å². The molecule has 2 amide bonds. The molecule has 8 nitrogen and oxygen atoms in total. The van der Waals surface area contributed by atoms with Crippen LogP contribution in [0.25, 0.3) is 0 Å². The molecule has 0 atom stereocenters. The molecule has 0 aliphatic rings. The molecule has 0 aliphatic carbocycles. The number of hydrogen-bond donors (Lipinski definition) is 3. The fourth-order valence-corrected chi connectivity index (χ4v) is 2.90. The molecule has 8 heteroatoms. The van der Waals surface area contributed by atoms with Gasteiger partial charge in [0.05, 0.1) is 0 Å². The van der Waals surface area contributed by atoms with E-state index in [2.05, 4.69) is 25.9 Å². The van der Waals surface area contributed by atoms with Crippen LogP contribution in [0.15, 0.2) is 53.7 Å². The van der Waals surface area contributed by atoms with Crippen molar-refractivity contribution in [2.75, 3.05) is 40.3 Å². The topological polar surface area (TPSA) is 98.7 Å². The third-order valence-corrected chi connectivity index (χ3v) is 4.69. The quantitative estimate of drug-likeness (QED) is 0.394. The second-order valence-electron chi connectivity index (χ2n) is 7.04. The zero-order valence-electron chi connectivity index (χ0n) is 18.5. The predicted octanol–water partition coefficient (Wildman–Crippen LogP) is 1.24. The van der Waals surface area contributed by atoms with Gasteiger partial charge >= 0.3 is 0 Å². The first-order chi connectivity index (χ1) is 15.0. The first kappa shape index (κ1) is 23.9. The highest BCUT2D eigenvalue weighted by Crippen LogP contribution is 2.05. The van der Waals surface area contributed by atoms with E-state index in [1.165, 1.54) is 0 Å². The van der Waals surface area contributed by atoms with Gasteiger partial charge in [-0.2, -0.15) is 0 Å². The standard InChI is InChI=1S/C23H32N6O2/c1-4-25-23(27-14-11-18-8-7-9-19(16-18)22(31)24-2)28-17-21(30)29(3)15-12-20-10-5-6-13-26-20/h5-10,13,16H,4,11-12,14-15,17H2,1-3H3,(H,24,31)(H2,25,27,28). The molecule has 2 aromatic rings. The molecule has 0 saturated heterocycles. The Morgan fingerprint density at radius 1 is 1.10 bits per heavy atom. The van der Waals surface area contributed by atoms with Crippen LogP contribution in [0.2, 0.25) is 0 Å². The van der Waals surface area contributed by atoms with Crippen molar-refractivity contribution in [2.24, 2.45) is 4.99 Å². The number of guanidine groups is 1. The van der Waals surface area contributed by atoms with Gasteiger partial charge in [-0.25, -0.2) is 4.99 Å². The number of hydrogen-bond acceptors (Lipinski definition) is 4. The third-order valence-electron chi connectivity index (χ3n) is 4.69. The van der Waals surface area contributed by atoms with Crippen LogP contribution in [0.4, 0.5) is 0 Å². The Morgan fingerprint density at radius 3 is 2.65 bits per heavy atom. The first-order valence-electron chi connectivity index (χ1n) is 10.5. The molecular weight excluding hydrogens is 392 g/mol. The van der Waals surface area contributed by atoms with E-state index in [1.807, 2.05) is 43.3 Å². The van der Waals surface area contributed by atoms with E-state index < -0.39 is 0 Å². The molecule has 31 heavy (non-hydrogen) atoms. The van der Waals surface area contributed by atoms with Crippen LogP contribution in [0.5, 0.6) is 0 Å². The second-order valence-corrected chi connectivity index (χ2v) is 7.04. The Labute approximate surface area is 184 Å². The summed E-state index contributed by atoms with van der Waals surface area (Å²) in [5.41, 5.74) is 2.65. The minimum Gasteiger partial charge on any atom is -0.357 e. The third kappa shape index (κ3) is 8.46. The number of likely N-dealkylation sites (N-methyl/N-ethyl adjacent to an activating group) is 1. The maximum atomic E-state index is 12.4. The molecule has 166 valence electrons. The zero-order valence-corrected chi connectivity index (χ0v) is 18.5. The highest BCUT2D eigenvalue weighted by molar-refractivity contribution is 5.94. The van der Waals surface area contributed by atoms with Gasteiger partial charge in [0.25, 0.3) is 5.91 Å². The molecule has 1 aromatic carbocycles. The maximum Gasteiger partial charge on any atom is 0.251 e. The summed E-state index contributed by atoms with van der Waals surface area (Å²) in [5, 5.41) is 9.03. The summed E-state index contributed by atoms with van der Waals surface area (Å²) in [6, 6.07) is 13.3. The maximum absolute atomic E-state index is 12.4. The lowest BCUT2D eigenvalue weighted by atomic mass is 10.1. The van der Waals surface area contributed by atoms with Gasteiger partial charge in [0.1, 0.15) is 6.54 Å². The van der Waals surface area contributed by atoms with Crippen LogP contribution in [0.3, 0.4) is 0 Å². The van der Waals surface area contributed by atoms with Crippen molar-refractivity contribution in [1.82, 2.24) is 25.8 Å². The Morgan fingerprint density at radius 2 is 1.94 bits per heavy atom. The number of aromatic nitrogens is 1. The zero-order chi connectivity index (χ0) is 22.5. The lowest BCUT2D eigenvalue weighted by molar-refractivity contribution is -0.128. The smallest absolute Gasteiger partial charge is 0.251 e. The second kappa shape index (κ2) is 13.0. The summed E-state index contributed by atoms with van der Waals surface area (Å²) in [7, 11) is 3.40. The monoisotopic (exact) mass is 424 g/mol. The van der Waals surface area contributed by atoms with Crippen molar-refractivity contribution in [3.8, 4) is 0 Å². The van der Waals surface area contributed by atoms with Crippen LogP contribution in [0.1, 0.15) is 28.5 Å². The number of carbonyl (C=O) groups excluding carboxylic acids is 2. The number of amides is 2. The summed E-state index contributed by atoms with van der Waals surface area (Å²) >= 11 is 0. The van der Waals surface area contributed by atoms with Crippen LogP contribution >= 0.6 is 0 Å². The van der Waals surface area contributed by atoms with Crippen molar-refractivity contribution in [3.05, 3.63) is 65.5 Å². The van der Waals surface area contributed by atoms with Gasteiger partial charge in [-0.15, -0.1) is 0 Å². The number of nitrogens with zero attached hydrogens (tertiary/aromatic N) is 3. The Hall–Kier alpha value is -3.42. The summed E-state index contributed by atoms with van der Waals surface area (Å²) in [6.45, 7) is 3.97. The number of pyridine rings is 1. The molecule has 0 fully saturated rings. The SMILES string of the molecule is CCNC(=NCC(=O)N(C)CCc1ccccn1)NCCc1cccc(C(=O)NC)c1. The van der Waals surface area contributed by atoms with E-state index in [1.54, 1.807) is 31.3 Å². The van der Waals surface area contributed by atoms with Crippen LogP contribution in [0, 0.1) is 0 Å². The van der Waals surface area contributed by atoms with Gasteiger partial charge in [-0.1, -0.05) is 18.2 Å². The van der Waals surface area contributed by atoms with E-state index in [-0.39, 0.29) is 18.4 Å². The average molecular weight is 425 g/mol.